The molecule has 0 fully saturated rings. The number of para-hydroxylation sites is 3. The van der Waals surface area contributed by atoms with Gasteiger partial charge in [-0.25, -0.2) is 0 Å². The first-order valence-corrected chi connectivity index (χ1v) is 20.8. The summed E-state index contributed by atoms with van der Waals surface area (Å²) in [4.78, 5) is 18.5. The molecule has 0 bridgehead atoms. The van der Waals surface area contributed by atoms with Gasteiger partial charge < -0.3 is 24.0 Å². The predicted octanol–water partition coefficient (Wildman–Crippen LogP) is 11.8. The Morgan fingerprint density at radius 1 is 0.459 bits per heavy atom. The SMILES string of the molecule is Clc1ccc(C2=NOC(c3ccc(OCCN(CCOc4ccc(C5ON=C(c6ccc(Cl)cc6)N5c5ccccc5)cc4)c4ccccc4)cc3)N2c2ccccc2)cc1. The van der Waals surface area contributed by atoms with Gasteiger partial charge in [0.05, 0.1) is 13.1 Å². The van der Waals surface area contributed by atoms with Crippen molar-refractivity contribution >= 4 is 51.9 Å². The van der Waals surface area contributed by atoms with Crippen LogP contribution in [0.3, 0.4) is 0 Å². The molecule has 2 atom stereocenters. The number of rotatable bonds is 15. The second-order valence-electron chi connectivity index (χ2n) is 14.3. The van der Waals surface area contributed by atoms with Crippen LogP contribution in [0.15, 0.2) is 198 Å². The van der Waals surface area contributed by atoms with Crippen molar-refractivity contribution in [2.75, 3.05) is 41.0 Å². The molecule has 0 spiro atoms. The van der Waals surface area contributed by atoms with Crippen LogP contribution < -0.4 is 24.2 Å². The highest BCUT2D eigenvalue weighted by molar-refractivity contribution is 6.31. The number of ether oxygens (including phenoxy) is 2. The Kier molecular flexibility index (Phi) is 12.0. The van der Waals surface area contributed by atoms with Gasteiger partial charge in [0.2, 0.25) is 12.5 Å². The average Bonchev–Trinajstić information content (AvgIpc) is 3.97. The Morgan fingerprint density at radius 3 is 1.23 bits per heavy atom. The van der Waals surface area contributed by atoms with Crippen LogP contribution >= 0.6 is 23.2 Å². The van der Waals surface area contributed by atoms with E-state index in [0.29, 0.717) is 48.0 Å². The Morgan fingerprint density at radius 2 is 0.836 bits per heavy atom. The van der Waals surface area contributed by atoms with Gasteiger partial charge in [-0.05, 0) is 133 Å². The molecular formula is C50H41Cl2N5O4. The lowest BCUT2D eigenvalue weighted by molar-refractivity contribution is 0.0867. The molecule has 304 valence electrons. The fourth-order valence-corrected chi connectivity index (χ4v) is 7.56. The zero-order valence-electron chi connectivity index (χ0n) is 33.0. The molecule has 7 aromatic rings. The zero-order chi connectivity index (χ0) is 41.4. The highest BCUT2D eigenvalue weighted by Crippen LogP contribution is 2.37. The third kappa shape index (κ3) is 9.13. The number of hydrogen-bond donors (Lipinski definition) is 0. The minimum Gasteiger partial charge on any atom is -0.492 e. The van der Waals surface area contributed by atoms with Crippen LogP contribution in [0.1, 0.15) is 34.7 Å². The molecule has 2 unspecified atom stereocenters. The van der Waals surface area contributed by atoms with Gasteiger partial charge in [-0.1, -0.05) is 88.1 Å². The molecule has 9 nitrogen and oxygen atoms in total. The van der Waals surface area contributed by atoms with Crippen LogP contribution in [0.5, 0.6) is 11.5 Å². The molecular weight excluding hydrogens is 805 g/mol. The van der Waals surface area contributed by atoms with Gasteiger partial charge >= 0.3 is 0 Å². The monoisotopic (exact) mass is 845 g/mol. The quantitative estimate of drug-likeness (QED) is 0.102. The number of amidine groups is 2. The molecule has 11 heteroatoms. The summed E-state index contributed by atoms with van der Waals surface area (Å²) in [5.74, 6) is 2.95. The second kappa shape index (κ2) is 18.5. The summed E-state index contributed by atoms with van der Waals surface area (Å²) >= 11 is 12.4. The third-order valence-electron chi connectivity index (χ3n) is 10.4. The summed E-state index contributed by atoms with van der Waals surface area (Å²) in [6.07, 6.45) is -0.900. The fraction of sp³-hybridized carbons (Fsp3) is 0.120. The molecule has 2 aliphatic rings. The van der Waals surface area contributed by atoms with Crippen molar-refractivity contribution in [3.63, 3.8) is 0 Å². The summed E-state index contributed by atoms with van der Waals surface area (Å²) in [6, 6.07) is 61.7. The molecule has 0 saturated carbocycles. The van der Waals surface area contributed by atoms with Crippen molar-refractivity contribution in [2.24, 2.45) is 10.3 Å². The van der Waals surface area contributed by atoms with Crippen LogP contribution in [0.2, 0.25) is 10.0 Å². The molecule has 2 heterocycles. The number of nitrogens with zero attached hydrogens (tertiary/aromatic N) is 5. The van der Waals surface area contributed by atoms with Gasteiger partial charge in [-0.3, -0.25) is 9.80 Å². The average molecular weight is 847 g/mol. The molecule has 7 aromatic carbocycles. The molecule has 0 amide bonds. The Bertz CT molecular complexity index is 2400. The van der Waals surface area contributed by atoms with Gasteiger partial charge in [0, 0.05) is 49.4 Å². The van der Waals surface area contributed by atoms with E-state index in [1.54, 1.807) is 0 Å². The molecule has 61 heavy (non-hydrogen) atoms. The minimum atomic E-state index is -0.450. The normalized spacial score (nSPS) is 15.7. The molecule has 2 aliphatic heterocycles. The van der Waals surface area contributed by atoms with E-state index in [-0.39, 0.29) is 0 Å². The summed E-state index contributed by atoms with van der Waals surface area (Å²) in [6.45, 7) is 2.26. The minimum absolute atomic E-state index is 0.450. The van der Waals surface area contributed by atoms with Crippen molar-refractivity contribution < 1.29 is 19.1 Å². The van der Waals surface area contributed by atoms with E-state index >= 15 is 0 Å². The smallest absolute Gasteiger partial charge is 0.231 e. The molecule has 9 rings (SSSR count). The van der Waals surface area contributed by atoms with E-state index in [0.717, 1.165) is 50.8 Å². The van der Waals surface area contributed by atoms with Crippen LogP contribution in [-0.2, 0) is 9.68 Å². The Balaban J connectivity index is 0.817. The van der Waals surface area contributed by atoms with Gasteiger partial charge in [-0.2, -0.15) is 0 Å². The topological polar surface area (TPSA) is 71.4 Å². The van der Waals surface area contributed by atoms with Crippen molar-refractivity contribution in [3.05, 3.63) is 220 Å². The van der Waals surface area contributed by atoms with E-state index in [1.165, 1.54) is 0 Å². The fourth-order valence-electron chi connectivity index (χ4n) is 7.31. The number of halogens is 2. The maximum Gasteiger partial charge on any atom is 0.231 e. The number of benzene rings is 7. The third-order valence-corrected chi connectivity index (χ3v) is 10.9. The van der Waals surface area contributed by atoms with Crippen molar-refractivity contribution in [3.8, 4) is 11.5 Å². The number of anilines is 3. The van der Waals surface area contributed by atoms with Crippen LogP contribution in [0.25, 0.3) is 0 Å². The van der Waals surface area contributed by atoms with Gasteiger partial charge in [0.25, 0.3) is 0 Å². The van der Waals surface area contributed by atoms with E-state index < -0.39 is 12.5 Å². The maximum absolute atomic E-state index is 6.29. The summed E-state index contributed by atoms with van der Waals surface area (Å²) in [7, 11) is 0. The lowest BCUT2D eigenvalue weighted by atomic mass is 10.1. The van der Waals surface area contributed by atoms with Crippen molar-refractivity contribution in [2.45, 2.75) is 12.5 Å². The van der Waals surface area contributed by atoms with Gasteiger partial charge in [0.15, 0.2) is 11.7 Å². The van der Waals surface area contributed by atoms with E-state index in [4.69, 9.17) is 42.4 Å². The maximum atomic E-state index is 6.29. The van der Waals surface area contributed by atoms with Crippen LogP contribution in [0.4, 0.5) is 17.1 Å². The first-order valence-electron chi connectivity index (χ1n) is 20.0. The standard InChI is InChI=1S/C50H41Cl2N5O4/c51-40-24-16-36(17-25-40)47-53-60-49(56(47)43-12-6-2-7-13-43)38-20-28-45(29-21-38)58-34-32-55(42-10-4-1-5-11-42)33-35-59-46-30-22-39(23-31-46)50-57(44-14-8-3-9-15-44)48(54-61-50)37-18-26-41(52)27-19-37/h1-31,49-50H,32-35H2. The molecule has 0 saturated heterocycles. The summed E-state index contributed by atoms with van der Waals surface area (Å²) in [5, 5.41) is 10.3. The molecule has 0 N–H and O–H groups in total. The van der Waals surface area contributed by atoms with E-state index in [1.807, 2.05) is 176 Å². The number of hydrogen-bond acceptors (Lipinski definition) is 9. The second-order valence-corrected chi connectivity index (χ2v) is 15.2. The Labute approximate surface area is 365 Å². The van der Waals surface area contributed by atoms with E-state index in [2.05, 4.69) is 37.1 Å². The first kappa shape index (κ1) is 39.5. The van der Waals surface area contributed by atoms with Crippen molar-refractivity contribution in [1.82, 2.24) is 0 Å². The van der Waals surface area contributed by atoms with Crippen molar-refractivity contribution in [1.29, 1.82) is 0 Å². The predicted molar refractivity (Wildman–Crippen MR) is 244 cm³/mol. The number of oxime groups is 2. The summed E-state index contributed by atoms with van der Waals surface area (Å²) < 4.78 is 12.6. The van der Waals surface area contributed by atoms with Crippen LogP contribution in [0, 0.1) is 0 Å². The highest BCUT2D eigenvalue weighted by atomic mass is 35.5. The molecule has 0 aliphatic carbocycles. The van der Waals surface area contributed by atoms with Crippen LogP contribution in [-0.4, -0.2) is 38.0 Å². The highest BCUT2D eigenvalue weighted by Gasteiger charge is 2.35. The first-order chi connectivity index (χ1) is 30.1. The summed E-state index contributed by atoms with van der Waals surface area (Å²) in [5.41, 5.74) is 6.73. The van der Waals surface area contributed by atoms with E-state index in [9.17, 15) is 0 Å². The zero-order valence-corrected chi connectivity index (χ0v) is 34.5. The lowest BCUT2D eigenvalue weighted by Gasteiger charge is -2.26. The molecule has 0 aromatic heterocycles. The van der Waals surface area contributed by atoms with Gasteiger partial charge in [0.1, 0.15) is 24.7 Å². The Hall–Kier alpha value is -6.94. The molecule has 0 radical (unpaired) electrons. The van der Waals surface area contributed by atoms with Gasteiger partial charge in [-0.15, -0.1) is 0 Å². The largest absolute Gasteiger partial charge is 0.492 e. The lowest BCUT2D eigenvalue weighted by Crippen LogP contribution is -2.32.